The lowest BCUT2D eigenvalue weighted by molar-refractivity contribution is 0.0225. The standard InChI is InChI=1S/C18H37N3O2/c1-14(2)11-16(20(6)7)13-19-12-15-9-8-10-21(15)17(22)23-18(3,4)5/h14-16,19H,8-13H2,1-7H3. The van der Waals surface area contributed by atoms with Crippen LogP contribution in [0.1, 0.15) is 53.9 Å². The normalized spacial score (nSPS) is 20.4. The summed E-state index contributed by atoms with van der Waals surface area (Å²) >= 11 is 0. The Labute approximate surface area is 142 Å². The van der Waals surface area contributed by atoms with Crippen LogP contribution in [-0.4, -0.2) is 67.3 Å². The molecule has 5 heteroatoms. The van der Waals surface area contributed by atoms with Gasteiger partial charge in [0.05, 0.1) is 0 Å². The number of likely N-dealkylation sites (tertiary alicyclic amines) is 1. The van der Waals surface area contributed by atoms with E-state index in [1.165, 1.54) is 6.42 Å². The third-order valence-electron chi connectivity index (χ3n) is 4.24. The van der Waals surface area contributed by atoms with Crippen molar-refractivity contribution in [3.63, 3.8) is 0 Å². The Morgan fingerprint density at radius 3 is 2.52 bits per heavy atom. The number of likely N-dealkylation sites (N-methyl/N-ethyl adjacent to an activating group) is 1. The minimum absolute atomic E-state index is 0.173. The molecule has 0 aromatic rings. The Morgan fingerprint density at radius 1 is 1.35 bits per heavy atom. The second-order valence-corrected chi connectivity index (χ2v) is 8.38. The van der Waals surface area contributed by atoms with Gasteiger partial charge in [-0.3, -0.25) is 0 Å². The van der Waals surface area contributed by atoms with Gasteiger partial charge in [0.1, 0.15) is 5.60 Å². The van der Waals surface area contributed by atoms with Gasteiger partial charge in [0.25, 0.3) is 0 Å². The number of nitrogens with one attached hydrogen (secondary N) is 1. The van der Waals surface area contributed by atoms with Crippen molar-refractivity contribution in [3.05, 3.63) is 0 Å². The average Bonchev–Trinajstić information content (AvgIpc) is 2.83. The van der Waals surface area contributed by atoms with Crippen LogP contribution in [0.3, 0.4) is 0 Å². The first-order valence-corrected chi connectivity index (χ1v) is 8.97. The highest BCUT2D eigenvalue weighted by Gasteiger charge is 2.31. The number of ether oxygens (including phenoxy) is 1. The molecule has 1 heterocycles. The van der Waals surface area contributed by atoms with E-state index in [1.54, 1.807) is 0 Å². The molecule has 1 aliphatic heterocycles. The number of carbonyl (C=O) groups is 1. The van der Waals surface area contributed by atoms with E-state index in [4.69, 9.17) is 4.74 Å². The molecule has 1 aliphatic rings. The molecule has 0 aliphatic carbocycles. The van der Waals surface area contributed by atoms with Crippen LogP contribution in [0, 0.1) is 5.92 Å². The molecule has 23 heavy (non-hydrogen) atoms. The predicted octanol–water partition coefficient (Wildman–Crippen LogP) is 2.95. The summed E-state index contributed by atoms with van der Waals surface area (Å²) in [5.41, 5.74) is -0.426. The molecule has 1 amide bonds. The smallest absolute Gasteiger partial charge is 0.410 e. The highest BCUT2D eigenvalue weighted by Crippen LogP contribution is 2.20. The van der Waals surface area contributed by atoms with Crippen LogP contribution >= 0.6 is 0 Å². The molecule has 1 rings (SSSR count). The maximum absolute atomic E-state index is 12.3. The van der Waals surface area contributed by atoms with E-state index in [9.17, 15) is 4.79 Å². The van der Waals surface area contributed by atoms with Gasteiger partial charge in [-0.1, -0.05) is 13.8 Å². The van der Waals surface area contributed by atoms with Crippen molar-refractivity contribution in [3.8, 4) is 0 Å². The van der Waals surface area contributed by atoms with Crippen molar-refractivity contribution in [2.45, 2.75) is 71.6 Å². The molecular formula is C18H37N3O2. The van der Waals surface area contributed by atoms with E-state index in [1.807, 2.05) is 25.7 Å². The quantitative estimate of drug-likeness (QED) is 0.781. The average molecular weight is 328 g/mol. The first-order valence-electron chi connectivity index (χ1n) is 8.97. The van der Waals surface area contributed by atoms with Gasteiger partial charge in [0.15, 0.2) is 0 Å². The van der Waals surface area contributed by atoms with Crippen LogP contribution in [0.25, 0.3) is 0 Å². The number of rotatable bonds is 7. The van der Waals surface area contributed by atoms with Gasteiger partial charge in [-0.2, -0.15) is 0 Å². The Hall–Kier alpha value is -0.810. The topological polar surface area (TPSA) is 44.8 Å². The lowest BCUT2D eigenvalue weighted by Gasteiger charge is -2.30. The zero-order valence-electron chi connectivity index (χ0n) is 16.2. The minimum atomic E-state index is -0.426. The lowest BCUT2D eigenvalue weighted by atomic mass is 10.0. The van der Waals surface area contributed by atoms with Crippen LogP contribution in [-0.2, 0) is 4.74 Å². The summed E-state index contributed by atoms with van der Waals surface area (Å²) in [4.78, 5) is 16.5. The monoisotopic (exact) mass is 327 g/mol. The van der Waals surface area contributed by atoms with Crippen molar-refractivity contribution in [1.29, 1.82) is 0 Å². The van der Waals surface area contributed by atoms with Gasteiger partial charge >= 0.3 is 6.09 Å². The highest BCUT2D eigenvalue weighted by atomic mass is 16.6. The van der Waals surface area contributed by atoms with Gasteiger partial charge in [-0.25, -0.2) is 4.79 Å². The predicted molar refractivity (Wildman–Crippen MR) is 95.8 cm³/mol. The molecule has 136 valence electrons. The second kappa shape index (κ2) is 8.88. The molecule has 0 aromatic carbocycles. The van der Waals surface area contributed by atoms with E-state index in [2.05, 4.69) is 38.2 Å². The van der Waals surface area contributed by atoms with E-state index >= 15 is 0 Å². The molecule has 5 nitrogen and oxygen atoms in total. The second-order valence-electron chi connectivity index (χ2n) is 8.38. The molecule has 1 saturated heterocycles. The Bertz CT molecular complexity index is 364. The molecule has 1 fully saturated rings. The van der Waals surface area contributed by atoms with Crippen molar-refractivity contribution >= 4 is 6.09 Å². The molecule has 2 unspecified atom stereocenters. The Morgan fingerprint density at radius 2 is 2.00 bits per heavy atom. The summed E-state index contributed by atoms with van der Waals surface area (Å²) in [7, 11) is 4.27. The van der Waals surface area contributed by atoms with Crippen LogP contribution in [0.4, 0.5) is 4.79 Å². The van der Waals surface area contributed by atoms with Gasteiger partial charge in [-0.05, 0) is 60.0 Å². The zero-order valence-corrected chi connectivity index (χ0v) is 16.2. The van der Waals surface area contributed by atoms with Crippen LogP contribution in [0.2, 0.25) is 0 Å². The van der Waals surface area contributed by atoms with E-state index in [0.29, 0.717) is 12.0 Å². The third kappa shape index (κ3) is 7.53. The van der Waals surface area contributed by atoms with Gasteiger partial charge in [0, 0.05) is 31.7 Å². The lowest BCUT2D eigenvalue weighted by Crippen LogP contribution is -2.46. The Balaban J connectivity index is 2.44. The van der Waals surface area contributed by atoms with Crippen molar-refractivity contribution < 1.29 is 9.53 Å². The fourth-order valence-electron chi connectivity index (χ4n) is 3.05. The number of hydrogen-bond donors (Lipinski definition) is 1. The third-order valence-corrected chi connectivity index (χ3v) is 4.24. The highest BCUT2D eigenvalue weighted by molar-refractivity contribution is 5.69. The summed E-state index contributed by atoms with van der Waals surface area (Å²) in [6, 6.07) is 0.790. The number of carbonyl (C=O) groups excluding carboxylic acids is 1. The summed E-state index contributed by atoms with van der Waals surface area (Å²) in [5, 5.41) is 3.57. The number of nitrogens with zero attached hydrogens (tertiary/aromatic N) is 2. The summed E-state index contributed by atoms with van der Waals surface area (Å²) < 4.78 is 5.52. The summed E-state index contributed by atoms with van der Waals surface area (Å²) in [6.45, 7) is 12.9. The van der Waals surface area contributed by atoms with Crippen LogP contribution in [0.15, 0.2) is 0 Å². The van der Waals surface area contributed by atoms with Gasteiger partial charge in [-0.15, -0.1) is 0 Å². The summed E-state index contributed by atoms with van der Waals surface area (Å²) in [5.74, 6) is 0.689. The van der Waals surface area contributed by atoms with Gasteiger partial charge < -0.3 is 19.9 Å². The van der Waals surface area contributed by atoms with Crippen LogP contribution in [0.5, 0.6) is 0 Å². The fourth-order valence-corrected chi connectivity index (χ4v) is 3.05. The molecule has 0 radical (unpaired) electrons. The Kier molecular flexibility index (Phi) is 7.81. The zero-order chi connectivity index (χ0) is 17.6. The number of hydrogen-bond acceptors (Lipinski definition) is 4. The van der Waals surface area contributed by atoms with Crippen molar-refractivity contribution in [1.82, 2.24) is 15.1 Å². The SMILES string of the molecule is CC(C)CC(CNCC1CCCN1C(=O)OC(C)(C)C)N(C)C. The first-order chi connectivity index (χ1) is 10.6. The number of amides is 1. The largest absolute Gasteiger partial charge is 0.444 e. The first kappa shape index (κ1) is 20.2. The molecule has 0 spiro atoms. The van der Waals surface area contributed by atoms with E-state index in [0.717, 1.165) is 32.5 Å². The maximum Gasteiger partial charge on any atom is 0.410 e. The summed E-state index contributed by atoms with van der Waals surface area (Å²) in [6.07, 6.45) is 3.13. The molecule has 1 N–H and O–H groups in total. The van der Waals surface area contributed by atoms with Crippen molar-refractivity contribution in [2.75, 3.05) is 33.7 Å². The maximum atomic E-state index is 12.3. The van der Waals surface area contributed by atoms with Crippen LogP contribution < -0.4 is 5.32 Å². The fraction of sp³-hybridized carbons (Fsp3) is 0.944. The van der Waals surface area contributed by atoms with Gasteiger partial charge in [0.2, 0.25) is 0 Å². The van der Waals surface area contributed by atoms with E-state index < -0.39 is 5.60 Å². The minimum Gasteiger partial charge on any atom is -0.444 e. The van der Waals surface area contributed by atoms with E-state index in [-0.39, 0.29) is 12.1 Å². The molecule has 2 atom stereocenters. The molecule has 0 saturated carbocycles. The molecule has 0 aromatic heterocycles. The molecular weight excluding hydrogens is 290 g/mol. The van der Waals surface area contributed by atoms with Crippen molar-refractivity contribution in [2.24, 2.45) is 5.92 Å². The molecule has 0 bridgehead atoms.